The van der Waals surface area contributed by atoms with Crippen LogP contribution >= 0.6 is 0 Å². The molecular formula is C36H72O4. The molecule has 0 aromatic rings. The van der Waals surface area contributed by atoms with Crippen LogP contribution in [0.1, 0.15) is 208 Å². The van der Waals surface area contributed by atoms with E-state index in [1.807, 2.05) is 0 Å². The van der Waals surface area contributed by atoms with E-state index < -0.39 is 0 Å². The Morgan fingerprint density at radius 1 is 0.400 bits per heavy atom. The van der Waals surface area contributed by atoms with E-state index in [4.69, 9.17) is 9.47 Å². The van der Waals surface area contributed by atoms with Crippen LogP contribution in [0.15, 0.2) is 0 Å². The topological polar surface area (TPSA) is 52.6 Å². The highest BCUT2D eigenvalue weighted by Crippen LogP contribution is 2.15. The Labute approximate surface area is 251 Å². The van der Waals surface area contributed by atoms with Gasteiger partial charge < -0.3 is 9.47 Å². The molecule has 240 valence electrons. The summed E-state index contributed by atoms with van der Waals surface area (Å²) in [5.41, 5.74) is 0. The molecule has 0 aliphatic heterocycles. The lowest BCUT2D eigenvalue weighted by atomic mass is 10.1. The van der Waals surface area contributed by atoms with Crippen LogP contribution < -0.4 is 0 Å². The molecule has 0 N–H and O–H groups in total. The lowest BCUT2D eigenvalue weighted by Crippen LogP contribution is -2.17. The Bertz CT molecular complexity index is 519. The largest absolute Gasteiger partial charge is 0.462 e. The average molecular weight is 569 g/mol. The average Bonchev–Trinajstić information content (AvgIpc) is 2.95. The molecule has 2 atom stereocenters. The van der Waals surface area contributed by atoms with E-state index in [9.17, 15) is 9.59 Å². The number of esters is 2. The zero-order valence-electron chi connectivity index (χ0n) is 28.2. The lowest BCUT2D eigenvalue weighted by molar-refractivity contribution is -0.150. The van der Waals surface area contributed by atoms with Gasteiger partial charge in [0.15, 0.2) is 0 Å². The van der Waals surface area contributed by atoms with Crippen LogP contribution in [0.25, 0.3) is 0 Å². The van der Waals surface area contributed by atoms with Crippen molar-refractivity contribution in [2.45, 2.75) is 221 Å². The highest BCUT2D eigenvalue weighted by Gasteiger charge is 2.12. The molecule has 0 aromatic heterocycles. The van der Waals surface area contributed by atoms with Crippen molar-refractivity contribution in [3.05, 3.63) is 0 Å². The van der Waals surface area contributed by atoms with E-state index in [-0.39, 0.29) is 24.1 Å². The molecule has 4 nitrogen and oxygen atoms in total. The summed E-state index contributed by atoms with van der Waals surface area (Å²) in [5, 5.41) is 0. The van der Waals surface area contributed by atoms with E-state index in [1.165, 1.54) is 109 Å². The van der Waals surface area contributed by atoms with Gasteiger partial charge in [0.1, 0.15) is 12.2 Å². The molecule has 0 aliphatic rings. The van der Waals surface area contributed by atoms with Crippen LogP contribution in [-0.4, -0.2) is 24.1 Å². The zero-order chi connectivity index (χ0) is 30.1. The summed E-state index contributed by atoms with van der Waals surface area (Å²) in [7, 11) is 0. The highest BCUT2D eigenvalue weighted by molar-refractivity contribution is 5.69. The van der Waals surface area contributed by atoms with Crippen molar-refractivity contribution in [2.75, 3.05) is 0 Å². The summed E-state index contributed by atoms with van der Waals surface area (Å²) in [6.45, 7) is 13.1. The molecule has 0 aliphatic carbocycles. The number of unbranched alkanes of at least 4 members (excludes halogenated alkanes) is 16. The number of carbonyl (C=O) groups excluding carboxylic acids is 2. The van der Waals surface area contributed by atoms with Crippen molar-refractivity contribution < 1.29 is 19.1 Å². The minimum atomic E-state index is 0.00912. The van der Waals surface area contributed by atoms with Gasteiger partial charge in [-0.15, -0.1) is 0 Å². The first-order chi connectivity index (χ1) is 19.5. The maximum atomic E-state index is 11.8. The molecule has 0 heterocycles. The summed E-state index contributed by atoms with van der Waals surface area (Å²) in [6, 6.07) is 0. The fourth-order valence-corrected chi connectivity index (χ4v) is 4.88. The predicted octanol–water partition coefficient (Wildman–Crippen LogP) is 12.1. The number of rotatable bonds is 28. The third-order valence-corrected chi connectivity index (χ3v) is 7.74. The second kappa shape index (κ2) is 34.1. The first-order valence-corrected chi connectivity index (χ1v) is 17.9. The Kier molecular flexibility index (Phi) is 35.1. The van der Waals surface area contributed by atoms with Gasteiger partial charge in [-0.25, -0.2) is 0 Å². The molecule has 0 amide bonds. The van der Waals surface area contributed by atoms with Crippen LogP contribution in [0.4, 0.5) is 0 Å². The van der Waals surface area contributed by atoms with Crippen LogP contribution in [0.5, 0.6) is 0 Å². The fourth-order valence-electron chi connectivity index (χ4n) is 4.88. The molecule has 0 saturated heterocycles. The Balaban J connectivity index is 0. The Morgan fingerprint density at radius 2 is 0.675 bits per heavy atom. The van der Waals surface area contributed by atoms with E-state index in [1.54, 1.807) is 0 Å². The summed E-state index contributed by atoms with van der Waals surface area (Å²) in [6.07, 6.45) is 30.3. The number of hydrogen-bond acceptors (Lipinski definition) is 4. The predicted molar refractivity (Wildman–Crippen MR) is 174 cm³/mol. The van der Waals surface area contributed by atoms with Gasteiger partial charge in [0, 0.05) is 12.8 Å². The van der Waals surface area contributed by atoms with Crippen LogP contribution in [0.2, 0.25) is 0 Å². The van der Waals surface area contributed by atoms with E-state index in [0.29, 0.717) is 12.8 Å². The van der Waals surface area contributed by atoms with Gasteiger partial charge in [0.05, 0.1) is 0 Å². The van der Waals surface area contributed by atoms with E-state index in [2.05, 4.69) is 41.5 Å². The third kappa shape index (κ3) is 31.5. The van der Waals surface area contributed by atoms with Crippen molar-refractivity contribution in [1.82, 2.24) is 0 Å². The van der Waals surface area contributed by atoms with Crippen LogP contribution in [-0.2, 0) is 19.1 Å². The Hall–Kier alpha value is -1.06. The number of carbonyl (C=O) groups is 2. The molecule has 4 heteroatoms. The molecule has 0 radical (unpaired) electrons. The number of hydrogen-bond donors (Lipinski definition) is 0. The fraction of sp³-hybridized carbons (Fsp3) is 0.944. The zero-order valence-corrected chi connectivity index (χ0v) is 28.2. The van der Waals surface area contributed by atoms with Gasteiger partial charge in [-0.1, -0.05) is 144 Å². The lowest BCUT2D eigenvalue weighted by Gasteiger charge is -2.16. The Morgan fingerprint density at radius 3 is 0.975 bits per heavy atom. The number of ether oxygens (including phenoxy) is 2. The molecular weight excluding hydrogens is 496 g/mol. The smallest absolute Gasteiger partial charge is 0.306 e. The molecule has 0 bridgehead atoms. The maximum absolute atomic E-state index is 11.8. The summed E-state index contributed by atoms with van der Waals surface area (Å²) < 4.78 is 11.1. The first kappa shape index (κ1) is 41.1. The molecule has 0 spiro atoms. The molecule has 0 aromatic carbocycles. The van der Waals surface area contributed by atoms with Gasteiger partial charge in [-0.3, -0.25) is 9.59 Å². The normalized spacial score (nSPS) is 12.3. The first-order valence-electron chi connectivity index (χ1n) is 17.9. The quantitative estimate of drug-likeness (QED) is 0.0695. The third-order valence-electron chi connectivity index (χ3n) is 7.74. The van der Waals surface area contributed by atoms with Crippen molar-refractivity contribution in [3.8, 4) is 0 Å². The minimum Gasteiger partial charge on any atom is -0.462 e. The molecule has 0 fully saturated rings. The van der Waals surface area contributed by atoms with Crippen LogP contribution in [0.3, 0.4) is 0 Å². The van der Waals surface area contributed by atoms with Gasteiger partial charge in [-0.05, 0) is 51.4 Å². The van der Waals surface area contributed by atoms with Crippen molar-refractivity contribution in [2.24, 2.45) is 0 Å². The molecule has 40 heavy (non-hydrogen) atoms. The monoisotopic (exact) mass is 569 g/mol. The highest BCUT2D eigenvalue weighted by atomic mass is 16.5. The van der Waals surface area contributed by atoms with E-state index >= 15 is 0 Å². The van der Waals surface area contributed by atoms with Gasteiger partial charge in [-0.2, -0.15) is 0 Å². The van der Waals surface area contributed by atoms with E-state index in [0.717, 1.165) is 44.9 Å². The van der Waals surface area contributed by atoms with Crippen molar-refractivity contribution in [3.63, 3.8) is 0 Å². The van der Waals surface area contributed by atoms with Gasteiger partial charge in [0.2, 0.25) is 0 Å². The van der Waals surface area contributed by atoms with Gasteiger partial charge >= 0.3 is 11.9 Å². The van der Waals surface area contributed by atoms with Gasteiger partial charge in [0.25, 0.3) is 0 Å². The molecule has 2 unspecified atom stereocenters. The second-order valence-corrected chi connectivity index (χ2v) is 11.8. The van der Waals surface area contributed by atoms with Crippen molar-refractivity contribution in [1.29, 1.82) is 0 Å². The standard InChI is InChI=1S/C20H40O2.C16H32O2/c1-4-7-9-10-11-12-13-14-16-18-20(21)22-19(6-3)17-15-8-5-2;1-4-7-9-10-12-14-16(17)18-15(6-3)13-11-8-5-2/h19H,4-18H2,1-3H3;15H,4-14H2,1-3H3. The molecule has 0 rings (SSSR count). The summed E-state index contributed by atoms with van der Waals surface area (Å²) >= 11 is 0. The summed E-state index contributed by atoms with van der Waals surface area (Å²) in [4.78, 5) is 23.5. The summed E-state index contributed by atoms with van der Waals surface area (Å²) in [5.74, 6) is 0.0288. The maximum Gasteiger partial charge on any atom is 0.306 e. The SMILES string of the molecule is CCCCCCCC(=O)OC(CC)CCCCC.CCCCCCCCCCCC(=O)OC(CC)CCCCC. The second-order valence-electron chi connectivity index (χ2n) is 11.8. The van der Waals surface area contributed by atoms with Crippen LogP contribution in [0, 0.1) is 0 Å². The minimum absolute atomic E-state index is 0.00912. The molecule has 0 saturated carbocycles. The van der Waals surface area contributed by atoms with Crippen molar-refractivity contribution >= 4 is 11.9 Å².